The smallest absolute Gasteiger partial charge is 0.104 e. The SMILES string of the molecule is CCCC[N+](C)(CCO)CCCC.CC[N+](C)(C)CC(C)O. The molecule has 0 amide bonds. The average Bonchev–Trinajstić information content (AvgIpc) is 2.43. The van der Waals surface area contributed by atoms with Gasteiger partial charge in [-0.2, -0.15) is 0 Å². The van der Waals surface area contributed by atoms with Gasteiger partial charge < -0.3 is 19.2 Å². The molecule has 0 bridgehead atoms. The molecule has 0 aliphatic rings. The van der Waals surface area contributed by atoms with Crippen LogP contribution in [0, 0.1) is 0 Å². The molecule has 0 rings (SSSR count). The van der Waals surface area contributed by atoms with E-state index in [1.54, 1.807) is 0 Å². The predicted molar refractivity (Wildman–Crippen MR) is 96.9 cm³/mol. The third-order valence-corrected chi connectivity index (χ3v) is 4.36. The van der Waals surface area contributed by atoms with Crippen LogP contribution in [0.25, 0.3) is 0 Å². The number of aliphatic hydroxyl groups is 2. The van der Waals surface area contributed by atoms with E-state index in [1.807, 2.05) is 6.92 Å². The molecule has 0 aromatic carbocycles. The summed E-state index contributed by atoms with van der Waals surface area (Å²) < 4.78 is 1.95. The molecule has 0 radical (unpaired) electrons. The van der Waals surface area contributed by atoms with Crippen molar-refractivity contribution in [2.75, 3.05) is 60.5 Å². The Kier molecular flexibility index (Phi) is 14.6. The number of nitrogens with zero attached hydrogens (tertiary/aromatic N) is 2. The average molecular weight is 321 g/mol. The fraction of sp³-hybridized carbons (Fsp3) is 1.00. The molecule has 136 valence electrons. The van der Waals surface area contributed by atoms with Gasteiger partial charge in [0.2, 0.25) is 0 Å². The Balaban J connectivity index is 0. The molecule has 1 atom stereocenters. The lowest BCUT2D eigenvalue weighted by atomic mass is 10.2. The van der Waals surface area contributed by atoms with Crippen LogP contribution in [0.4, 0.5) is 0 Å². The molecule has 4 nitrogen and oxygen atoms in total. The Hall–Kier alpha value is -0.160. The maximum absolute atomic E-state index is 9.00. The zero-order valence-corrected chi connectivity index (χ0v) is 16.4. The molecule has 0 aliphatic heterocycles. The summed E-state index contributed by atoms with van der Waals surface area (Å²) in [6.07, 6.45) is 4.89. The highest BCUT2D eigenvalue weighted by atomic mass is 16.3. The van der Waals surface area contributed by atoms with Gasteiger partial charge in [-0.05, 0) is 26.7 Å². The number of unbranched alkanes of at least 4 members (excludes halogenated alkanes) is 2. The first kappa shape index (κ1) is 24.1. The maximum atomic E-state index is 9.00. The molecule has 0 aliphatic carbocycles. The largest absolute Gasteiger partial charge is 0.391 e. The Morgan fingerprint density at radius 3 is 1.55 bits per heavy atom. The summed E-state index contributed by atoms with van der Waals surface area (Å²) in [7, 11) is 6.50. The lowest BCUT2D eigenvalue weighted by Crippen LogP contribution is -2.47. The van der Waals surface area contributed by atoms with Crippen molar-refractivity contribution >= 4 is 0 Å². The molecular weight excluding hydrogens is 276 g/mol. The van der Waals surface area contributed by atoms with E-state index >= 15 is 0 Å². The minimum atomic E-state index is -0.181. The molecular formula is C18H44N2O2+2. The number of hydrogen-bond donors (Lipinski definition) is 2. The maximum Gasteiger partial charge on any atom is 0.104 e. The normalized spacial score (nSPS) is 13.5. The third kappa shape index (κ3) is 14.8. The van der Waals surface area contributed by atoms with Crippen molar-refractivity contribution in [2.45, 2.75) is 59.5 Å². The first-order chi connectivity index (χ1) is 10.2. The number of hydrogen-bond acceptors (Lipinski definition) is 2. The highest BCUT2D eigenvalue weighted by Gasteiger charge is 2.18. The van der Waals surface area contributed by atoms with Crippen LogP contribution in [-0.4, -0.2) is 85.8 Å². The van der Waals surface area contributed by atoms with E-state index in [0.29, 0.717) is 6.61 Å². The summed E-state index contributed by atoms with van der Waals surface area (Å²) in [6, 6.07) is 0. The van der Waals surface area contributed by atoms with Gasteiger partial charge in [-0.1, -0.05) is 26.7 Å². The van der Waals surface area contributed by atoms with E-state index < -0.39 is 0 Å². The van der Waals surface area contributed by atoms with Crippen molar-refractivity contribution in [3.8, 4) is 0 Å². The summed E-state index contributed by atoms with van der Waals surface area (Å²) in [5.74, 6) is 0. The monoisotopic (exact) mass is 320 g/mol. The summed E-state index contributed by atoms with van der Waals surface area (Å²) in [5.41, 5.74) is 0. The highest BCUT2D eigenvalue weighted by Crippen LogP contribution is 2.07. The zero-order chi connectivity index (χ0) is 17.6. The third-order valence-electron chi connectivity index (χ3n) is 4.36. The van der Waals surface area contributed by atoms with Crippen LogP contribution in [0.1, 0.15) is 53.4 Å². The minimum Gasteiger partial charge on any atom is -0.391 e. The standard InChI is InChI=1S/C11H26NO.C7H18NO/c1-4-6-8-12(3,10-11-13)9-7-5-2;1-5-8(3,4)6-7(2)9/h13H,4-11H2,1-3H3;7,9H,5-6H2,1-4H3/q2*+1. The first-order valence-electron chi connectivity index (χ1n) is 9.10. The van der Waals surface area contributed by atoms with Gasteiger partial charge in [-0.15, -0.1) is 0 Å². The van der Waals surface area contributed by atoms with E-state index in [1.165, 1.54) is 38.8 Å². The molecule has 0 saturated heterocycles. The molecule has 2 N–H and O–H groups in total. The second-order valence-corrected chi connectivity index (χ2v) is 7.50. The van der Waals surface area contributed by atoms with Crippen molar-refractivity contribution in [3.63, 3.8) is 0 Å². The Labute approximate surface area is 139 Å². The lowest BCUT2D eigenvalue weighted by Gasteiger charge is -2.34. The summed E-state index contributed by atoms with van der Waals surface area (Å²) in [4.78, 5) is 0. The van der Waals surface area contributed by atoms with Crippen molar-refractivity contribution in [3.05, 3.63) is 0 Å². The van der Waals surface area contributed by atoms with E-state index in [0.717, 1.165) is 28.6 Å². The molecule has 0 saturated carbocycles. The van der Waals surface area contributed by atoms with Crippen LogP contribution in [0.15, 0.2) is 0 Å². The van der Waals surface area contributed by atoms with Crippen LogP contribution in [0.3, 0.4) is 0 Å². The molecule has 22 heavy (non-hydrogen) atoms. The fourth-order valence-corrected chi connectivity index (χ4v) is 2.50. The van der Waals surface area contributed by atoms with Crippen molar-refractivity contribution < 1.29 is 19.2 Å². The molecule has 0 aromatic rings. The van der Waals surface area contributed by atoms with Crippen LogP contribution in [0.5, 0.6) is 0 Å². The van der Waals surface area contributed by atoms with Gasteiger partial charge in [-0.25, -0.2) is 0 Å². The predicted octanol–water partition coefficient (Wildman–Crippen LogP) is 2.49. The number of likely N-dealkylation sites (N-methyl/N-ethyl adjacent to an activating group) is 2. The Morgan fingerprint density at radius 1 is 0.864 bits per heavy atom. The molecule has 0 heterocycles. The second kappa shape index (κ2) is 13.3. The van der Waals surface area contributed by atoms with Crippen molar-refractivity contribution in [1.29, 1.82) is 0 Å². The van der Waals surface area contributed by atoms with Crippen molar-refractivity contribution in [1.82, 2.24) is 0 Å². The van der Waals surface area contributed by atoms with Crippen LogP contribution in [0.2, 0.25) is 0 Å². The molecule has 0 aromatic heterocycles. The van der Waals surface area contributed by atoms with Crippen LogP contribution < -0.4 is 0 Å². The van der Waals surface area contributed by atoms with Gasteiger partial charge in [0.1, 0.15) is 19.2 Å². The Morgan fingerprint density at radius 2 is 1.32 bits per heavy atom. The molecule has 0 fully saturated rings. The van der Waals surface area contributed by atoms with Gasteiger partial charge in [0.25, 0.3) is 0 Å². The molecule has 1 unspecified atom stereocenters. The number of rotatable bonds is 11. The van der Waals surface area contributed by atoms with Gasteiger partial charge in [0, 0.05) is 0 Å². The van der Waals surface area contributed by atoms with E-state index in [2.05, 4.69) is 41.9 Å². The van der Waals surface area contributed by atoms with Crippen molar-refractivity contribution in [2.24, 2.45) is 0 Å². The van der Waals surface area contributed by atoms with E-state index in [4.69, 9.17) is 10.2 Å². The quantitative estimate of drug-likeness (QED) is 0.574. The van der Waals surface area contributed by atoms with Gasteiger partial charge >= 0.3 is 0 Å². The number of quaternary nitrogens is 2. The topological polar surface area (TPSA) is 40.5 Å². The summed E-state index contributed by atoms with van der Waals surface area (Å²) >= 11 is 0. The van der Waals surface area contributed by atoms with Gasteiger partial charge in [0.05, 0.1) is 47.4 Å². The van der Waals surface area contributed by atoms with Gasteiger partial charge in [-0.3, -0.25) is 0 Å². The van der Waals surface area contributed by atoms with Crippen LogP contribution >= 0.6 is 0 Å². The number of aliphatic hydroxyl groups excluding tert-OH is 2. The lowest BCUT2D eigenvalue weighted by molar-refractivity contribution is -0.910. The molecule has 4 heteroatoms. The van der Waals surface area contributed by atoms with E-state index in [-0.39, 0.29) is 6.10 Å². The Bertz CT molecular complexity index is 235. The zero-order valence-electron chi connectivity index (χ0n) is 16.4. The highest BCUT2D eigenvalue weighted by molar-refractivity contribution is 4.42. The summed E-state index contributed by atoms with van der Waals surface area (Å²) in [6.45, 7) is 14.0. The van der Waals surface area contributed by atoms with Gasteiger partial charge in [0.15, 0.2) is 0 Å². The van der Waals surface area contributed by atoms with Crippen LogP contribution in [-0.2, 0) is 0 Å². The second-order valence-electron chi connectivity index (χ2n) is 7.50. The minimum absolute atomic E-state index is 0.181. The summed E-state index contributed by atoms with van der Waals surface area (Å²) in [5, 5.41) is 18.0. The first-order valence-corrected chi connectivity index (χ1v) is 9.10. The molecule has 0 spiro atoms. The van der Waals surface area contributed by atoms with E-state index in [9.17, 15) is 0 Å². The fourth-order valence-electron chi connectivity index (χ4n) is 2.50.